The van der Waals surface area contributed by atoms with Crippen molar-refractivity contribution in [2.45, 2.75) is 26.9 Å². The molecule has 0 radical (unpaired) electrons. The van der Waals surface area contributed by atoms with Crippen LogP contribution >= 0.6 is 11.3 Å². The van der Waals surface area contributed by atoms with Crippen molar-refractivity contribution in [3.8, 4) is 0 Å². The lowest BCUT2D eigenvalue weighted by atomic mass is 10.1. The van der Waals surface area contributed by atoms with E-state index in [1.54, 1.807) is 11.3 Å². The molecule has 0 aliphatic rings. The molecule has 0 saturated carbocycles. The van der Waals surface area contributed by atoms with Crippen LogP contribution in [0.4, 0.5) is 5.69 Å². The molecule has 18 heavy (non-hydrogen) atoms. The number of nitrogens with zero attached hydrogens (tertiary/aromatic N) is 1. The first kappa shape index (κ1) is 13.1. The number of rotatable bonds is 5. The van der Waals surface area contributed by atoms with Crippen molar-refractivity contribution >= 4 is 17.0 Å². The summed E-state index contributed by atoms with van der Waals surface area (Å²) in [6.07, 6.45) is 0. The molecule has 0 unspecified atom stereocenters. The minimum atomic E-state index is 0.595. The molecule has 3 heteroatoms. The highest BCUT2D eigenvalue weighted by Gasteiger charge is 2.10. The molecule has 0 saturated heterocycles. The van der Waals surface area contributed by atoms with Crippen LogP contribution in [-0.2, 0) is 13.1 Å². The first-order valence-electron chi connectivity index (χ1n) is 6.31. The lowest BCUT2D eigenvalue weighted by Crippen LogP contribution is -2.23. The van der Waals surface area contributed by atoms with Gasteiger partial charge in [0.25, 0.3) is 0 Å². The number of hydrogen-bond acceptors (Lipinski definition) is 3. The summed E-state index contributed by atoms with van der Waals surface area (Å²) in [7, 11) is 0. The summed E-state index contributed by atoms with van der Waals surface area (Å²) in [5.41, 5.74) is 9.62. The van der Waals surface area contributed by atoms with Gasteiger partial charge in [-0.2, -0.15) is 0 Å². The van der Waals surface area contributed by atoms with Crippen LogP contribution < -0.4 is 10.6 Å². The van der Waals surface area contributed by atoms with Gasteiger partial charge in [-0.3, -0.25) is 0 Å². The number of anilines is 1. The fourth-order valence-electron chi connectivity index (χ4n) is 2.14. The largest absolute Gasteiger partial charge is 0.366 e. The van der Waals surface area contributed by atoms with Crippen LogP contribution in [0, 0.1) is 6.92 Å². The fraction of sp³-hybridized carbons (Fsp3) is 0.333. The van der Waals surface area contributed by atoms with E-state index in [4.69, 9.17) is 5.73 Å². The number of benzene rings is 1. The van der Waals surface area contributed by atoms with Crippen molar-refractivity contribution in [2.75, 3.05) is 11.4 Å². The third kappa shape index (κ3) is 2.92. The quantitative estimate of drug-likeness (QED) is 0.891. The number of thiophene rings is 1. The number of hydrogen-bond donors (Lipinski definition) is 1. The molecular weight excluding hydrogens is 240 g/mol. The summed E-state index contributed by atoms with van der Waals surface area (Å²) in [5, 5.41) is 2.13. The maximum atomic E-state index is 5.86. The van der Waals surface area contributed by atoms with Gasteiger partial charge in [-0.1, -0.05) is 23.8 Å². The van der Waals surface area contributed by atoms with E-state index in [9.17, 15) is 0 Å². The van der Waals surface area contributed by atoms with Gasteiger partial charge in [-0.25, -0.2) is 0 Å². The van der Waals surface area contributed by atoms with E-state index in [0.29, 0.717) is 6.54 Å². The lowest BCUT2D eigenvalue weighted by Gasteiger charge is -2.25. The van der Waals surface area contributed by atoms with Gasteiger partial charge in [-0.15, -0.1) is 11.3 Å². The lowest BCUT2D eigenvalue weighted by molar-refractivity contribution is 0.830. The van der Waals surface area contributed by atoms with Gasteiger partial charge >= 0.3 is 0 Å². The standard InChI is InChI=1S/C15H20N2S/c1-3-17(11-14-5-4-8-18-14)15-7-6-12(2)9-13(15)10-16/h4-9H,3,10-11,16H2,1-2H3. The topological polar surface area (TPSA) is 29.3 Å². The summed E-state index contributed by atoms with van der Waals surface area (Å²) >= 11 is 1.80. The van der Waals surface area contributed by atoms with E-state index in [1.165, 1.54) is 21.7 Å². The van der Waals surface area contributed by atoms with Crippen LogP contribution in [0.1, 0.15) is 22.9 Å². The second-order valence-electron chi connectivity index (χ2n) is 4.43. The Hall–Kier alpha value is -1.32. The van der Waals surface area contributed by atoms with E-state index in [-0.39, 0.29) is 0 Å². The van der Waals surface area contributed by atoms with Crippen molar-refractivity contribution < 1.29 is 0 Å². The minimum Gasteiger partial charge on any atom is -0.366 e. The highest BCUT2D eigenvalue weighted by atomic mass is 32.1. The minimum absolute atomic E-state index is 0.595. The average Bonchev–Trinajstić information content (AvgIpc) is 2.89. The van der Waals surface area contributed by atoms with Gasteiger partial charge in [0.05, 0.1) is 6.54 Å². The summed E-state index contributed by atoms with van der Waals surface area (Å²) in [6.45, 7) is 6.85. The van der Waals surface area contributed by atoms with Crippen molar-refractivity contribution in [3.05, 3.63) is 51.7 Å². The molecule has 0 atom stereocenters. The Bertz CT molecular complexity index is 491. The second kappa shape index (κ2) is 6.03. The van der Waals surface area contributed by atoms with Crippen LogP contribution in [-0.4, -0.2) is 6.54 Å². The molecule has 0 aliphatic heterocycles. The molecule has 2 N–H and O–H groups in total. The Morgan fingerprint density at radius 2 is 2.11 bits per heavy atom. The zero-order chi connectivity index (χ0) is 13.0. The Balaban J connectivity index is 2.26. The summed E-state index contributed by atoms with van der Waals surface area (Å²) in [6, 6.07) is 10.8. The Morgan fingerprint density at radius 3 is 2.72 bits per heavy atom. The molecule has 1 heterocycles. The summed E-state index contributed by atoms with van der Waals surface area (Å²) in [4.78, 5) is 3.77. The molecule has 0 bridgehead atoms. The predicted octanol–water partition coefficient (Wildman–Crippen LogP) is 3.54. The van der Waals surface area contributed by atoms with Crippen LogP contribution in [0.2, 0.25) is 0 Å². The van der Waals surface area contributed by atoms with Gasteiger partial charge in [0.1, 0.15) is 0 Å². The van der Waals surface area contributed by atoms with E-state index in [0.717, 1.165) is 13.1 Å². The van der Waals surface area contributed by atoms with E-state index in [2.05, 4.69) is 54.5 Å². The SMILES string of the molecule is CCN(Cc1cccs1)c1ccc(C)cc1CN. The number of nitrogens with two attached hydrogens (primary N) is 1. The molecule has 2 nitrogen and oxygen atoms in total. The molecule has 1 aromatic carbocycles. The predicted molar refractivity (Wildman–Crippen MR) is 80.1 cm³/mol. The third-order valence-corrected chi connectivity index (χ3v) is 3.97. The monoisotopic (exact) mass is 260 g/mol. The van der Waals surface area contributed by atoms with Gasteiger partial charge in [0, 0.05) is 23.7 Å². The van der Waals surface area contributed by atoms with Gasteiger partial charge in [0.15, 0.2) is 0 Å². The highest BCUT2D eigenvalue weighted by molar-refractivity contribution is 7.09. The summed E-state index contributed by atoms with van der Waals surface area (Å²) < 4.78 is 0. The van der Waals surface area contributed by atoms with Gasteiger partial charge < -0.3 is 10.6 Å². The number of aryl methyl sites for hydroxylation is 1. The third-order valence-electron chi connectivity index (χ3n) is 3.10. The van der Waals surface area contributed by atoms with E-state index >= 15 is 0 Å². The Morgan fingerprint density at radius 1 is 1.28 bits per heavy atom. The highest BCUT2D eigenvalue weighted by Crippen LogP contribution is 2.24. The first-order valence-corrected chi connectivity index (χ1v) is 7.19. The van der Waals surface area contributed by atoms with Crippen LogP contribution in [0.3, 0.4) is 0 Å². The Kier molecular flexibility index (Phi) is 4.39. The second-order valence-corrected chi connectivity index (χ2v) is 5.46. The molecule has 96 valence electrons. The molecule has 2 aromatic rings. The molecular formula is C15H20N2S. The van der Waals surface area contributed by atoms with Crippen molar-refractivity contribution in [2.24, 2.45) is 5.73 Å². The molecule has 2 rings (SSSR count). The maximum absolute atomic E-state index is 5.86. The fourth-order valence-corrected chi connectivity index (χ4v) is 2.86. The molecule has 0 amide bonds. The zero-order valence-corrected chi connectivity index (χ0v) is 11.8. The Labute approximate surface area is 113 Å². The smallest absolute Gasteiger partial charge is 0.0522 e. The molecule has 1 aromatic heterocycles. The molecule has 0 fully saturated rings. The van der Waals surface area contributed by atoms with E-state index in [1.807, 2.05) is 0 Å². The van der Waals surface area contributed by atoms with E-state index < -0.39 is 0 Å². The normalized spacial score (nSPS) is 10.6. The first-order chi connectivity index (χ1) is 8.74. The zero-order valence-electron chi connectivity index (χ0n) is 11.0. The summed E-state index contributed by atoms with van der Waals surface area (Å²) in [5.74, 6) is 0. The van der Waals surface area contributed by atoms with Gasteiger partial charge in [-0.05, 0) is 36.9 Å². The van der Waals surface area contributed by atoms with Crippen molar-refractivity contribution in [1.82, 2.24) is 0 Å². The van der Waals surface area contributed by atoms with Crippen LogP contribution in [0.5, 0.6) is 0 Å². The van der Waals surface area contributed by atoms with Crippen LogP contribution in [0.25, 0.3) is 0 Å². The maximum Gasteiger partial charge on any atom is 0.0522 e. The van der Waals surface area contributed by atoms with Crippen molar-refractivity contribution in [1.29, 1.82) is 0 Å². The van der Waals surface area contributed by atoms with Crippen molar-refractivity contribution in [3.63, 3.8) is 0 Å². The average molecular weight is 260 g/mol. The van der Waals surface area contributed by atoms with Gasteiger partial charge in [0.2, 0.25) is 0 Å². The molecule has 0 aliphatic carbocycles. The molecule has 0 spiro atoms. The van der Waals surface area contributed by atoms with Crippen LogP contribution in [0.15, 0.2) is 35.7 Å².